The predicted octanol–water partition coefficient (Wildman–Crippen LogP) is 4.24. The van der Waals surface area contributed by atoms with E-state index in [1.165, 1.54) is 4.90 Å². The summed E-state index contributed by atoms with van der Waals surface area (Å²) < 4.78 is 1.91. The first kappa shape index (κ1) is 15.9. The molecule has 0 unspecified atom stereocenters. The number of hydrogen-bond acceptors (Lipinski definition) is 3. The Kier molecular flexibility index (Phi) is 4.90. The first-order chi connectivity index (χ1) is 9.88. The molecule has 0 aliphatic rings. The summed E-state index contributed by atoms with van der Waals surface area (Å²) in [6.07, 6.45) is 0. The quantitative estimate of drug-likeness (QED) is 0.741. The molecule has 0 spiro atoms. The van der Waals surface area contributed by atoms with Crippen molar-refractivity contribution >= 4 is 54.8 Å². The summed E-state index contributed by atoms with van der Waals surface area (Å²) in [6, 6.07) is 11.1. The first-order valence-corrected chi connectivity index (χ1v) is 7.80. The van der Waals surface area contributed by atoms with Gasteiger partial charge in [-0.25, -0.2) is 0 Å². The Hall–Kier alpha value is -1.53. The van der Waals surface area contributed by atoms with Gasteiger partial charge in [0.15, 0.2) is 0 Å². The van der Waals surface area contributed by atoms with E-state index in [2.05, 4.69) is 37.2 Å². The van der Waals surface area contributed by atoms with Crippen molar-refractivity contribution in [1.29, 1.82) is 0 Å². The van der Waals surface area contributed by atoms with Crippen molar-refractivity contribution in [2.75, 3.05) is 25.1 Å². The molecule has 21 heavy (non-hydrogen) atoms. The van der Waals surface area contributed by atoms with Gasteiger partial charge in [0.2, 0.25) is 0 Å². The van der Waals surface area contributed by atoms with Crippen molar-refractivity contribution in [2.24, 2.45) is 0 Å². The zero-order valence-electron chi connectivity index (χ0n) is 11.7. The van der Waals surface area contributed by atoms with Gasteiger partial charge in [-0.05, 0) is 52.3 Å². The first-order valence-electron chi connectivity index (χ1n) is 6.21. The molecule has 6 heteroatoms. The second-order valence-corrected chi connectivity index (χ2v) is 6.52. The average Bonchev–Trinajstić information content (AvgIpc) is 2.42. The van der Waals surface area contributed by atoms with Gasteiger partial charge in [-0.3, -0.25) is 4.79 Å². The molecule has 0 aromatic heterocycles. The number of nitrogens with one attached hydrogen (secondary N) is 1. The summed E-state index contributed by atoms with van der Waals surface area (Å²) in [6.45, 7) is 0. The van der Waals surface area contributed by atoms with Gasteiger partial charge in [-0.2, -0.15) is 0 Å². The van der Waals surface area contributed by atoms with E-state index in [0.717, 1.165) is 20.3 Å². The fourth-order valence-electron chi connectivity index (χ4n) is 1.80. The molecular formula is C15H15Br2N3O. The third-order valence-corrected chi connectivity index (χ3v) is 4.05. The van der Waals surface area contributed by atoms with Crippen LogP contribution >= 0.6 is 31.9 Å². The van der Waals surface area contributed by atoms with E-state index >= 15 is 0 Å². The highest BCUT2D eigenvalue weighted by molar-refractivity contribution is 9.11. The SMILES string of the molecule is CN(C)C(=O)c1ccc(Nc2ccc(Br)cc2Br)c(N)c1. The predicted molar refractivity (Wildman–Crippen MR) is 94.0 cm³/mol. The molecule has 110 valence electrons. The van der Waals surface area contributed by atoms with Crippen LogP contribution in [0.2, 0.25) is 0 Å². The molecule has 1 amide bonds. The Bertz CT molecular complexity index is 687. The number of hydrogen-bond donors (Lipinski definition) is 2. The maximum absolute atomic E-state index is 11.9. The summed E-state index contributed by atoms with van der Waals surface area (Å²) in [5, 5.41) is 3.25. The van der Waals surface area contributed by atoms with Crippen molar-refractivity contribution in [2.45, 2.75) is 0 Å². The minimum atomic E-state index is -0.0712. The number of carbonyl (C=O) groups excluding carboxylic acids is 1. The summed E-state index contributed by atoms with van der Waals surface area (Å²) in [7, 11) is 3.42. The Labute approximate surface area is 140 Å². The van der Waals surface area contributed by atoms with Crippen LogP contribution in [0.5, 0.6) is 0 Å². The van der Waals surface area contributed by atoms with Crippen LogP contribution in [0.25, 0.3) is 0 Å². The molecule has 2 aromatic carbocycles. The van der Waals surface area contributed by atoms with Gasteiger partial charge in [0.1, 0.15) is 0 Å². The average molecular weight is 413 g/mol. The lowest BCUT2D eigenvalue weighted by Crippen LogP contribution is -2.21. The van der Waals surface area contributed by atoms with Crippen LogP contribution < -0.4 is 11.1 Å². The number of halogens is 2. The van der Waals surface area contributed by atoms with Crippen molar-refractivity contribution < 1.29 is 4.79 Å². The molecule has 3 N–H and O–H groups in total. The zero-order chi connectivity index (χ0) is 15.6. The highest BCUT2D eigenvalue weighted by Crippen LogP contribution is 2.31. The molecule has 4 nitrogen and oxygen atoms in total. The van der Waals surface area contributed by atoms with Crippen LogP contribution in [0.4, 0.5) is 17.1 Å². The molecule has 0 saturated heterocycles. The molecule has 0 fully saturated rings. The van der Waals surface area contributed by atoms with Gasteiger partial charge in [-0.15, -0.1) is 0 Å². The zero-order valence-corrected chi connectivity index (χ0v) is 14.8. The molecule has 0 heterocycles. The van der Waals surface area contributed by atoms with Crippen LogP contribution in [-0.4, -0.2) is 24.9 Å². The maximum atomic E-state index is 11.9. The van der Waals surface area contributed by atoms with Crippen molar-refractivity contribution in [3.05, 3.63) is 50.9 Å². The lowest BCUT2D eigenvalue weighted by atomic mass is 10.1. The number of nitrogens with zero attached hydrogens (tertiary/aromatic N) is 1. The van der Waals surface area contributed by atoms with E-state index < -0.39 is 0 Å². The molecule has 0 radical (unpaired) electrons. The highest BCUT2D eigenvalue weighted by Gasteiger charge is 2.10. The minimum absolute atomic E-state index is 0.0712. The van der Waals surface area contributed by atoms with Crippen LogP contribution in [0, 0.1) is 0 Å². The molecule has 0 bridgehead atoms. The van der Waals surface area contributed by atoms with E-state index in [0.29, 0.717) is 11.3 Å². The number of anilines is 3. The standard InChI is InChI=1S/C15H15Br2N3O/c1-20(2)15(21)9-3-5-14(12(18)7-9)19-13-6-4-10(16)8-11(13)17/h3-8,19H,18H2,1-2H3. The maximum Gasteiger partial charge on any atom is 0.253 e. The molecule has 2 rings (SSSR count). The van der Waals surface area contributed by atoms with Gasteiger partial charge in [0, 0.05) is 28.6 Å². The largest absolute Gasteiger partial charge is 0.397 e. The van der Waals surface area contributed by atoms with Gasteiger partial charge in [0.25, 0.3) is 5.91 Å². The topological polar surface area (TPSA) is 58.4 Å². The summed E-state index contributed by atoms with van der Waals surface area (Å²) >= 11 is 6.90. The van der Waals surface area contributed by atoms with Crippen LogP contribution in [0.3, 0.4) is 0 Å². The Balaban J connectivity index is 2.27. The number of carbonyl (C=O) groups is 1. The van der Waals surface area contributed by atoms with Crippen molar-refractivity contribution in [3.8, 4) is 0 Å². The van der Waals surface area contributed by atoms with Crippen LogP contribution in [0.15, 0.2) is 45.3 Å². The molecule has 0 aliphatic heterocycles. The lowest BCUT2D eigenvalue weighted by Gasteiger charge is -2.14. The number of benzene rings is 2. The number of amides is 1. The Morgan fingerprint density at radius 1 is 1.10 bits per heavy atom. The van der Waals surface area contributed by atoms with E-state index in [1.54, 1.807) is 32.3 Å². The van der Waals surface area contributed by atoms with Crippen LogP contribution in [0.1, 0.15) is 10.4 Å². The second-order valence-electron chi connectivity index (χ2n) is 4.75. The molecular weight excluding hydrogens is 398 g/mol. The van der Waals surface area contributed by atoms with E-state index in [1.807, 2.05) is 18.2 Å². The number of rotatable bonds is 3. The third kappa shape index (κ3) is 3.77. The summed E-state index contributed by atoms with van der Waals surface area (Å²) in [5.41, 5.74) is 8.78. The Morgan fingerprint density at radius 2 is 1.76 bits per heavy atom. The molecule has 0 aliphatic carbocycles. The normalized spacial score (nSPS) is 10.3. The molecule has 0 saturated carbocycles. The van der Waals surface area contributed by atoms with Gasteiger partial charge in [0.05, 0.1) is 17.1 Å². The second kappa shape index (κ2) is 6.49. The third-order valence-electron chi connectivity index (χ3n) is 2.91. The van der Waals surface area contributed by atoms with E-state index in [-0.39, 0.29) is 5.91 Å². The highest BCUT2D eigenvalue weighted by atomic mass is 79.9. The van der Waals surface area contributed by atoms with Crippen molar-refractivity contribution in [3.63, 3.8) is 0 Å². The minimum Gasteiger partial charge on any atom is -0.397 e. The van der Waals surface area contributed by atoms with E-state index in [4.69, 9.17) is 5.73 Å². The van der Waals surface area contributed by atoms with Gasteiger partial charge >= 0.3 is 0 Å². The smallest absolute Gasteiger partial charge is 0.253 e. The fourth-order valence-corrected chi connectivity index (χ4v) is 2.95. The number of nitrogen functional groups attached to an aromatic ring is 1. The van der Waals surface area contributed by atoms with Gasteiger partial charge < -0.3 is 16.0 Å². The molecule has 2 aromatic rings. The van der Waals surface area contributed by atoms with Gasteiger partial charge in [-0.1, -0.05) is 15.9 Å². The number of nitrogens with two attached hydrogens (primary N) is 1. The lowest BCUT2D eigenvalue weighted by molar-refractivity contribution is 0.0827. The summed E-state index contributed by atoms with van der Waals surface area (Å²) in [4.78, 5) is 13.4. The summed E-state index contributed by atoms with van der Waals surface area (Å²) in [5.74, 6) is -0.0712. The van der Waals surface area contributed by atoms with Crippen molar-refractivity contribution in [1.82, 2.24) is 4.90 Å². The van der Waals surface area contributed by atoms with E-state index in [9.17, 15) is 4.79 Å². The molecule has 0 atom stereocenters. The Morgan fingerprint density at radius 3 is 2.33 bits per heavy atom. The fraction of sp³-hybridized carbons (Fsp3) is 0.133. The van der Waals surface area contributed by atoms with Crippen LogP contribution in [-0.2, 0) is 0 Å². The monoisotopic (exact) mass is 411 g/mol.